The monoisotopic (exact) mass is 469 g/mol. The summed E-state index contributed by atoms with van der Waals surface area (Å²) in [5.74, 6) is -1.87. The third-order valence-electron chi connectivity index (χ3n) is 5.68. The van der Waals surface area contributed by atoms with Crippen LogP contribution in [-0.2, 0) is 11.2 Å². The quantitative estimate of drug-likeness (QED) is 0.294. The van der Waals surface area contributed by atoms with E-state index in [4.69, 9.17) is 4.52 Å². The minimum Gasteiger partial charge on any atom is -0.419 e. The van der Waals surface area contributed by atoms with Gasteiger partial charge in [0, 0.05) is 12.5 Å². The summed E-state index contributed by atoms with van der Waals surface area (Å²) in [6.07, 6.45) is -2.63. The molecule has 0 saturated carbocycles. The van der Waals surface area contributed by atoms with Crippen LogP contribution in [0.15, 0.2) is 22.7 Å². The zero-order valence-corrected chi connectivity index (χ0v) is 17.9. The minimum atomic E-state index is -5.12. The summed E-state index contributed by atoms with van der Waals surface area (Å²) in [7, 11) is 0. The third kappa shape index (κ3) is 4.85. The van der Waals surface area contributed by atoms with Crippen LogP contribution in [0.2, 0.25) is 0 Å². The van der Waals surface area contributed by atoms with Crippen molar-refractivity contribution in [2.75, 3.05) is 26.3 Å². The van der Waals surface area contributed by atoms with E-state index < -0.39 is 12.1 Å². The molecule has 8 nitrogen and oxygen atoms in total. The Kier molecular flexibility index (Phi) is 6.63. The number of likely N-dealkylation sites (tertiary alicyclic amines) is 1. The number of carbonyl (C=O) groups excluding carboxylic acids is 1. The van der Waals surface area contributed by atoms with Crippen molar-refractivity contribution < 1.29 is 31.6 Å². The maximum Gasteiger partial charge on any atom is 0.491 e. The number of fused-ring (bicyclic) bond motifs is 1. The van der Waals surface area contributed by atoms with Gasteiger partial charge in [0.15, 0.2) is 0 Å². The minimum absolute atomic E-state index is 0.0589. The normalized spacial score (nSPS) is 15.9. The third-order valence-corrected chi connectivity index (χ3v) is 5.68. The van der Waals surface area contributed by atoms with E-state index in [0.29, 0.717) is 29.9 Å². The number of piperidine rings is 1. The Morgan fingerprint density at radius 3 is 2.70 bits per heavy atom. The van der Waals surface area contributed by atoms with Gasteiger partial charge in [-0.3, -0.25) is 4.39 Å². The highest BCUT2D eigenvalue weighted by Crippen LogP contribution is 2.33. The fourth-order valence-corrected chi connectivity index (χ4v) is 4.02. The Labute approximate surface area is 186 Å². The van der Waals surface area contributed by atoms with Crippen LogP contribution >= 0.6 is 0 Å². The molecular weight excluding hydrogens is 446 g/mol. The topological polar surface area (TPSA) is 86.3 Å². The second-order valence-electron chi connectivity index (χ2n) is 7.84. The molecule has 178 valence electrons. The standard InChI is InChI=1S/C21H23F4N5O3/c1-2-14-17-15(5-3-6-16(17)32-19(31)21(23,24)25)30(27-14)20-26-18(33-28-20)13-7-11-29(12-8-13)10-4-9-22/h3,5-6,13H,2,4,7-12H2,1H3. The van der Waals surface area contributed by atoms with E-state index in [9.17, 15) is 22.4 Å². The number of nitrogens with zero attached hydrogens (tertiary/aromatic N) is 5. The Morgan fingerprint density at radius 1 is 1.27 bits per heavy atom. The zero-order chi connectivity index (χ0) is 23.6. The van der Waals surface area contributed by atoms with E-state index in [-0.39, 0.29) is 29.7 Å². The first-order valence-corrected chi connectivity index (χ1v) is 10.7. The molecule has 0 spiro atoms. The van der Waals surface area contributed by atoms with E-state index in [1.54, 1.807) is 13.0 Å². The summed E-state index contributed by atoms with van der Waals surface area (Å²) >= 11 is 0. The molecule has 1 aliphatic heterocycles. The number of hydrogen-bond donors (Lipinski definition) is 0. The van der Waals surface area contributed by atoms with Gasteiger partial charge in [0.2, 0.25) is 5.89 Å². The maximum absolute atomic E-state index is 12.7. The van der Waals surface area contributed by atoms with Crippen LogP contribution in [0, 0.1) is 0 Å². The second kappa shape index (κ2) is 9.46. The number of alkyl halides is 4. The SMILES string of the molecule is CCc1nn(-c2noc(C3CCN(CCCF)CC3)n2)c2cccc(OC(=O)C(F)(F)F)c12. The van der Waals surface area contributed by atoms with Gasteiger partial charge in [-0.1, -0.05) is 13.0 Å². The second-order valence-corrected chi connectivity index (χ2v) is 7.84. The number of ether oxygens (including phenoxy) is 1. The average Bonchev–Trinajstić information content (AvgIpc) is 3.43. The van der Waals surface area contributed by atoms with E-state index in [0.717, 1.165) is 32.5 Å². The molecule has 1 fully saturated rings. The van der Waals surface area contributed by atoms with Crippen LogP contribution < -0.4 is 4.74 Å². The van der Waals surface area contributed by atoms with Gasteiger partial charge < -0.3 is 14.2 Å². The lowest BCUT2D eigenvalue weighted by molar-refractivity contribution is -0.189. The van der Waals surface area contributed by atoms with Crippen LogP contribution in [0.3, 0.4) is 0 Å². The molecule has 1 aliphatic rings. The summed E-state index contributed by atoms with van der Waals surface area (Å²) in [4.78, 5) is 18.1. The fourth-order valence-electron chi connectivity index (χ4n) is 4.02. The molecule has 4 rings (SSSR count). The van der Waals surface area contributed by atoms with E-state index in [1.165, 1.54) is 16.8 Å². The number of rotatable bonds is 7. The molecule has 0 amide bonds. The van der Waals surface area contributed by atoms with Crippen LogP contribution in [0.1, 0.15) is 43.7 Å². The number of halogens is 4. The van der Waals surface area contributed by atoms with E-state index in [1.807, 2.05) is 0 Å². The molecule has 0 radical (unpaired) electrons. The summed E-state index contributed by atoms with van der Waals surface area (Å²) in [5, 5.41) is 8.73. The van der Waals surface area contributed by atoms with Gasteiger partial charge in [-0.25, -0.2) is 4.79 Å². The molecule has 1 aromatic carbocycles. The van der Waals surface area contributed by atoms with Gasteiger partial charge in [-0.15, -0.1) is 0 Å². The molecule has 12 heteroatoms. The van der Waals surface area contributed by atoms with Crippen molar-refractivity contribution >= 4 is 16.9 Å². The van der Waals surface area contributed by atoms with Crippen LogP contribution in [0.4, 0.5) is 17.6 Å². The zero-order valence-electron chi connectivity index (χ0n) is 17.9. The van der Waals surface area contributed by atoms with Crippen LogP contribution in [0.25, 0.3) is 16.9 Å². The largest absolute Gasteiger partial charge is 0.491 e. The smallest absolute Gasteiger partial charge is 0.419 e. The van der Waals surface area contributed by atoms with Crippen molar-refractivity contribution in [3.8, 4) is 11.7 Å². The average molecular weight is 469 g/mol. The van der Waals surface area contributed by atoms with Gasteiger partial charge >= 0.3 is 12.1 Å². The molecule has 33 heavy (non-hydrogen) atoms. The first-order chi connectivity index (χ1) is 15.8. The molecule has 0 N–H and O–H groups in total. The number of hydrogen-bond acceptors (Lipinski definition) is 7. The Bertz CT molecular complexity index is 1120. The predicted molar refractivity (Wildman–Crippen MR) is 109 cm³/mol. The number of benzene rings is 1. The molecule has 3 aromatic rings. The number of carbonyl (C=O) groups is 1. The summed E-state index contributed by atoms with van der Waals surface area (Å²) < 4.78 is 62.0. The molecule has 3 heterocycles. The molecule has 2 aromatic heterocycles. The fraction of sp³-hybridized carbons (Fsp3) is 0.524. The van der Waals surface area contributed by atoms with Gasteiger partial charge in [-0.05, 0) is 56.1 Å². The molecular formula is C21H23F4N5O3. The van der Waals surface area contributed by atoms with Gasteiger partial charge in [0.25, 0.3) is 5.95 Å². The summed E-state index contributed by atoms with van der Waals surface area (Å²) in [5.41, 5.74) is 0.829. The van der Waals surface area contributed by atoms with E-state index >= 15 is 0 Å². The molecule has 0 atom stereocenters. The maximum atomic E-state index is 12.7. The van der Waals surface area contributed by atoms with Crippen molar-refractivity contribution in [2.24, 2.45) is 0 Å². The van der Waals surface area contributed by atoms with Crippen molar-refractivity contribution in [2.45, 2.75) is 44.7 Å². The lowest BCUT2D eigenvalue weighted by Gasteiger charge is -2.29. The van der Waals surface area contributed by atoms with Crippen molar-refractivity contribution in [3.63, 3.8) is 0 Å². The highest BCUT2D eigenvalue weighted by molar-refractivity contribution is 5.92. The first kappa shape index (κ1) is 23.1. The predicted octanol–water partition coefficient (Wildman–Crippen LogP) is 3.98. The van der Waals surface area contributed by atoms with Crippen molar-refractivity contribution in [1.82, 2.24) is 24.8 Å². The van der Waals surface area contributed by atoms with Crippen LogP contribution in [-0.4, -0.2) is 63.3 Å². The number of aromatic nitrogens is 4. The summed E-state index contributed by atoms with van der Waals surface area (Å²) in [6, 6.07) is 4.38. The van der Waals surface area contributed by atoms with Crippen molar-refractivity contribution in [1.29, 1.82) is 0 Å². The van der Waals surface area contributed by atoms with Crippen molar-refractivity contribution in [3.05, 3.63) is 29.8 Å². The van der Waals surface area contributed by atoms with Gasteiger partial charge in [0.1, 0.15) is 5.75 Å². The first-order valence-electron chi connectivity index (χ1n) is 10.7. The highest BCUT2D eigenvalue weighted by atomic mass is 19.4. The highest BCUT2D eigenvalue weighted by Gasteiger charge is 2.41. The van der Waals surface area contributed by atoms with Crippen LogP contribution in [0.5, 0.6) is 5.75 Å². The Balaban J connectivity index is 1.59. The van der Waals surface area contributed by atoms with E-state index in [2.05, 4.69) is 24.9 Å². The molecule has 0 unspecified atom stereocenters. The summed E-state index contributed by atoms with van der Waals surface area (Å²) in [6.45, 7) is 3.79. The molecule has 0 bridgehead atoms. The Morgan fingerprint density at radius 2 is 2.03 bits per heavy atom. The Hall–Kier alpha value is -3.02. The molecule has 0 aliphatic carbocycles. The number of aryl methyl sites for hydroxylation is 1. The number of esters is 1. The van der Waals surface area contributed by atoms with Gasteiger partial charge in [-0.2, -0.15) is 27.9 Å². The lowest BCUT2D eigenvalue weighted by Crippen LogP contribution is -2.34. The van der Waals surface area contributed by atoms with Gasteiger partial charge in [0.05, 0.1) is 23.3 Å². The molecule has 1 saturated heterocycles. The lowest BCUT2D eigenvalue weighted by atomic mass is 9.97.